The molecule has 1 heterocycles. The molecule has 1 aromatic heterocycles. The van der Waals surface area contributed by atoms with Crippen LogP contribution >= 0.6 is 0 Å². The Hall–Kier alpha value is -2.95. The van der Waals surface area contributed by atoms with Crippen LogP contribution in [0.15, 0.2) is 70.6 Å². The van der Waals surface area contributed by atoms with Gasteiger partial charge in [0.2, 0.25) is 0 Å². The quantitative estimate of drug-likeness (QED) is 0.742. The van der Waals surface area contributed by atoms with Crippen molar-refractivity contribution in [3.63, 3.8) is 0 Å². The summed E-state index contributed by atoms with van der Waals surface area (Å²) in [4.78, 5) is 11.8. The summed E-state index contributed by atoms with van der Waals surface area (Å²) in [5.41, 5.74) is 1.66. The Labute approximate surface area is 121 Å². The first kappa shape index (κ1) is 13.1. The number of benzene rings is 2. The van der Waals surface area contributed by atoms with Gasteiger partial charge in [0.1, 0.15) is 0 Å². The first-order chi connectivity index (χ1) is 10.3. The zero-order valence-corrected chi connectivity index (χ0v) is 11.3. The van der Waals surface area contributed by atoms with E-state index in [-0.39, 0.29) is 5.69 Å². The van der Waals surface area contributed by atoms with Gasteiger partial charge in [0.15, 0.2) is 5.82 Å². The van der Waals surface area contributed by atoms with Crippen molar-refractivity contribution in [2.24, 2.45) is 5.10 Å². The lowest BCUT2D eigenvalue weighted by atomic mass is 10.1. The Kier molecular flexibility index (Phi) is 3.73. The molecule has 0 saturated heterocycles. The topological polar surface area (TPSA) is 63.0 Å². The largest absolute Gasteiger partial charge is 0.364 e. The third kappa shape index (κ3) is 3.14. The summed E-state index contributed by atoms with van der Waals surface area (Å²) in [6, 6.07) is 19.5. The number of rotatable bonds is 4. The highest BCUT2D eigenvalue weighted by molar-refractivity contribution is 5.79. The predicted octanol–water partition coefficient (Wildman–Crippen LogP) is 2.04. The van der Waals surface area contributed by atoms with Crippen LogP contribution in [0, 0.1) is 0 Å². The smallest absolute Gasteiger partial charge is 0.244 e. The van der Waals surface area contributed by atoms with E-state index in [0.29, 0.717) is 12.2 Å². The first-order valence-corrected chi connectivity index (χ1v) is 6.62. The lowest BCUT2D eigenvalue weighted by Gasteiger charge is -2.00. The fourth-order valence-electron chi connectivity index (χ4n) is 2.00. The molecule has 0 bridgehead atoms. The normalized spacial score (nSPS) is 11.0. The molecule has 0 radical (unpaired) electrons. The van der Waals surface area contributed by atoms with E-state index in [0.717, 1.165) is 11.1 Å². The van der Waals surface area contributed by atoms with Gasteiger partial charge in [-0.2, -0.15) is 14.9 Å². The van der Waals surface area contributed by atoms with Crippen molar-refractivity contribution in [1.29, 1.82) is 0 Å². The highest BCUT2D eigenvalue weighted by Gasteiger charge is 2.07. The number of aromatic nitrogens is 3. The second-order valence-corrected chi connectivity index (χ2v) is 4.57. The van der Waals surface area contributed by atoms with Crippen LogP contribution in [0.25, 0.3) is 0 Å². The van der Waals surface area contributed by atoms with Crippen LogP contribution in [0.4, 0.5) is 0 Å². The Morgan fingerprint density at radius 3 is 2.43 bits per heavy atom. The van der Waals surface area contributed by atoms with Gasteiger partial charge in [0, 0.05) is 6.42 Å². The molecule has 0 spiro atoms. The van der Waals surface area contributed by atoms with E-state index >= 15 is 0 Å². The molecule has 0 aliphatic carbocycles. The van der Waals surface area contributed by atoms with Crippen molar-refractivity contribution in [2.45, 2.75) is 6.42 Å². The fourth-order valence-corrected chi connectivity index (χ4v) is 2.00. The second-order valence-electron chi connectivity index (χ2n) is 4.57. The molecule has 21 heavy (non-hydrogen) atoms. The van der Waals surface area contributed by atoms with Gasteiger partial charge in [-0.05, 0) is 11.1 Å². The molecule has 2 aromatic carbocycles. The Bertz CT molecular complexity index is 788. The summed E-state index contributed by atoms with van der Waals surface area (Å²) in [5.74, 6) is 0.582. The van der Waals surface area contributed by atoms with E-state index in [1.807, 2.05) is 60.7 Å². The van der Waals surface area contributed by atoms with Gasteiger partial charge < -0.3 is 0 Å². The van der Waals surface area contributed by atoms with Crippen molar-refractivity contribution in [1.82, 2.24) is 14.9 Å². The number of hydrogen-bond donors (Lipinski definition) is 1. The van der Waals surface area contributed by atoms with Gasteiger partial charge in [-0.1, -0.05) is 60.7 Å². The molecule has 0 unspecified atom stereocenters. The van der Waals surface area contributed by atoms with Crippen LogP contribution in [0.3, 0.4) is 0 Å². The molecule has 0 saturated carbocycles. The molecule has 3 aromatic rings. The van der Waals surface area contributed by atoms with Gasteiger partial charge in [-0.15, -0.1) is 0 Å². The summed E-state index contributed by atoms with van der Waals surface area (Å²) in [6.45, 7) is 0. The summed E-state index contributed by atoms with van der Waals surface area (Å²) in [7, 11) is 0. The SMILES string of the molecule is O=c1[nH]nc(Cc2ccccc2)n1/N=C\c1ccccc1. The number of hydrogen-bond acceptors (Lipinski definition) is 3. The monoisotopic (exact) mass is 278 g/mol. The molecule has 104 valence electrons. The maximum Gasteiger partial charge on any atom is 0.364 e. The molecule has 0 fully saturated rings. The van der Waals surface area contributed by atoms with E-state index in [4.69, 9.17) is 0 Å². The zero-order valence-electron chi connectivity index (χ0n) is 11.3. The summed E-state index contributed by atoms with van der Waals surface area (Å²) < 4.78 is 1.29. The van der Waals surface area contributed by atoms with Crippen LogP contribution in [0.1, 0.15) is 17.0 Å². The van der Waals surface area contributed by atoms with Gasteiger partial charge >= 0.3 is 5.69 Å². The number of nitrogens with one attached hydrogen (secondary N) is 1. The molecule has 3 rings (SSSR count). The lowest BCUT2D eigenvalue weighted by Crippen LogP contribution is -2.15. The highest BCUT2D eigenvalue weighted by atomic mass is 16.2. The Morgan fingerprint density at radius 1 is 1.05 bits per heavy atom. The molecule has 0 aliphatic rings. The molecule has 5 nitrogen and oxygen atoms in total. The molecule has 0 atom stereocenters. The average Bonchev–Trinajstić information content (AvgIpc) is 2.87. The lowest BCUT2D eigenvalue weighted by molar-refractivity contribution is 0.775. The van der Waals surface area contributed by atoms with Crippen LogP contribution in [0.5, 0.6) is 0 Å². The molecular weight excluding hydrogens is 264 g/mol. The number of H-pyrrole nitrogens is 1. The van der Waals surface area contributed by atoms with Crippen LogP contribution < -0.4 is 5.69 Å². The van der Waals surface area contributed by atoms with Crippen molar-refractivity contribution in [3.8, 4) is 0 Å². The summed E-state index contributed by atoms with van der Waals surface area (Å²) in [6.07, 6.45) is 2.19. The third-order valence-electron chi connectivity index (χ3n) is 3.04. The first-order valence-electron chi connectivity index (χ1n) is 6.62. The van der Waals surface area contributed by atoms with Crippen molar-refractivity contribution < 1.29 is 0 Å². The van der Waals surface area contributed by atoms with Gasteiger partial charge in [-0.25, -0.2) is 9.89 Å². The third-order valence-corrected chi connectivity index (χ3v) is 3.04. The van der Waals surface area contributed by atoms with E-state index in [2.05, 4.69) is 15.3 Å². The van der Waals surface area contributed by atoms with Gasteiger partial charge in [0.25, 0.3) is 0 Å². The second kappa shape index (κ2) is 6.00. The number of aromatic amines is 1. The Morgan fingerprint density at radius 2 is 1.71 bits per heavy atom. The van der Waals surface area contributed by atoms with E-state index in [9.17, 15) is 4.79 Å². The van der Waals surface area contributed by atoms with Crippen LogP contribution in [0.2, 0.25) is 0 Å². The Balaban J connectivity index is 1.87. The highest BCUT2D eigenvalue weighted by Crippen LogP contribution is 2.05. The minimum Gasteiger partial charge on any atom is -0.244 e. The molecule has 5 heteroatoms. The van der Waals surface area contributed by atoms with E-state index in [1.54, 1.807) is 6.21 Å². The molecular formula is C16H14N4O. The van der Waals surface area contributed by atoms with Crippen LogP contribution in [-0.4, -0.2) is 21.1 Å². The van der Waals surface area contributed by atoms with E-state index < -0.39 is 0 Å². The predicted molar refractivity (Wildman–Crippen MR) is 81.5 cm³/mol. The summed E-state index contributed by atoms with van der Waals surface area (Å²) in [5, 5.41) is 10.7. The maximum absolute atomic E-state index is 11.8. The van der Waals surface area contributed by atoms with Crippen molar-refractivity contribution >= 4 is 6.21 Å². The zero-order chi connectivity index (χ0) is 14.5. The van der Waals surface area contributed by atoms with Crippen LogP contribution in [-0.2, 0) is 6.42 Å². The fraction of sp³-hybridized carbons (Fsp3) is 0.0625. The number of nitrogens with zero attached hydrogens (tertiary/aromatic N) is 3. The van der Waals surface area contributed by atoms with Crippen molar-refractivity contribution in [2.75, 3.05) is 0 Å². The van der Waals surface area contributed by atoms with Gasteiger partial charge in [-0.3, -0.25) is 0 Å². The van der Waals surface area contributed by atoms with E-state index in [1.165, 1.54) is 4.68 Å². The average molecular weight is 278 g/mol. The summed E-state index contributed by atoms with van der Waals surface area (Å²) >= 11 is 0. The standard InChI is InChI=1S/C16H14N4O/c21-16-19-18-15(11-13-7-3-1-4-8-13)20(16)17-12-14-9-5-2-6-10-14/h1-10,12H,11H2,(H,19,21)/b17-12-. The maximum atomic E-state index is 11.8. The van der Waals surface area contributed by atoms with Gasteiger partial charge in [0.05, 0.1) is 6.21 Å². The molecule has 0 aliphatic heterocycles. The van der Waals surface area contributed by atoms with Crippen molar-refractivity contribution in [3.05, 3.63) is 88.1 Å². The molecule has 1 N–H and O–H groups in total. The minimum atomic E-state index is -0.340. The molecule has 0 amide bonds. The minimum absolute atomic E-state index is 0.340.